The fraction of sp³-hybridized carbons (Fsp3) is 0.860. The van der Waals surface area contributed by atoms with E-state index < -0.39 is 0 Å². The van der Waals surface area contributed by atoms with Crippen LogP contribution in [0.2, 0.25) is 0 Å². The molecule has 0 saturated carbocycles. The molecule has 2 heteroatoms. The number of unbranched alkanes of at least 4 members (excludes halogenated alkanes) is 60. The Morgan fingerprint density at radius 2 is 0.273 bits per heavy atom. The Morgan fingerprint density at radius 1 is 0.170 bits per heavy atom. The standard InChI is InChI=1S/2C43H80O/c2*1-4-6-8-10-12-14-16-18-20-22-24-26-28-30-32-34-36-41-38-40(3)39-42(43(41)44)37-35-33-31-29-27-25-23-21-19-17-15-13-11-9-7-5-2/h2*38-39,44H,4-37H2,1-3H3. The molecule has 0 saturated heterocycles. The molecule has 2 N–H and O–H groups in total. The zero-order valence-corrected chi connectivity index (χ0v) is 61.3. The molecule has 516 valence electrons. The molecular weight excluding hydrogens is 1060 g/mol. The SMILES string of the molecule is CCCCCCCCCCCCCCCCCCc1cc(C)cc(CCCCCCCCCCCCCCCCCC)c1O.CCCCCCCCCCCCCCCCCCc1cc(C)cc(CCCCCCCCCCCCCCCCCC)c1O. The number of aryl methyl sites for hydroxylation is 6. The summed E-state index contributed by atoms with van der Waals surface area (Å²) < 4.78 is 0. The van der Waals surface area contributed by atoms with Gasteiger partial charge in [0.05, 0.1) is 0 Å². The van der Waals surface area contributed by atoms with Crippen molar-refractivity contribution in [2.45, 2.75) is 478 Å². The van der Waals surface area contributed by atoms with Crippen molar-refractivity contribution in [3.63, 3.8) is 0 Å². The lowest BCUT2D eigenvalue weighted by Crippen LogP contribution is -1.95. The van der Waals surface area contributed by atoms with Gasteiger partial charge in [-0.1, -0.05) is 448 Å². The van der Waals surface area contributed by atoms with Crippen molar-refractivity contribution in [1.29, 1.82) is 0 Å². The summed E-state index contributed by atoms with van der Waals surface area (Å²) in [7, 11) is 0. The highest BCUT2D eigenvalue weighted by atomic mass is 16.3. The lowest BCUT2D eigenvalue weighted by atomic mass is 9.96. The summed E-state index contributed by atoms with van der Waals surface area (Å²) in [5, 5.41) is 21.9. The monoisotopic (exact) mass is 1230 g/mol. The van der Waals surface area contributed by atoms with E-state index in [1.807, 2.05) is 0 Å². The van der Waals surface area contributed by atoms with E-state index in [0.717, 1.165) is 25.7 Å². The summed E-state index contributed by atoms with van der Waals surface area (Å²) in [4.78, 5) is 0. The lowest BCUT2D eigenvalue weighted by Gasteiger charge is -2.12. The van der Waals surface area contributed by atoms with E-state index in [1.54, 1.807) is 0 Å². The van der Waals surface area contributed by atoms with Gasteiger partial charge in [-0.25, -0.2) is 0 Å². The Morgan fingerprint density at radius 3 is 0.386 bits per heavy atom. The number of aromatic hydroxyl groups is 2. The van der Waals surface area contributed by atoms with Crippen LogP contribution in [0, 0.1) is 13.8 Å². The third kappa shape index (κ3) is 55.7. The molecule has 0 unspecified atom stereocenters. The van der Waals surface area contributed by atoms with E-state index in [0.29, 0.717) is 11.5 Å². The molecule has 2 aromatic rings. The van der Waals surface area contributed by atoms with Gasteiger partial charge in [-0.2, -0.15) is 0 Å². The molecule has 0 spiro atoms. The highest BCUT2D eigenvalue weighted by molar-refractivity contribution is 5.44. The molecule has 0 atom stereocenters. The van der Waals surface area contributed by atoms with Crippen molar-refractivity contribution in [3.05, 3.63) is 57.6 Å². The molecule has 0 aliphatic heterocycles. The Hall–Kier alpha value is -1.96. The second kappa shape index (κ2) is 67.9. The van der Waals surface area contributed by atoms with Crippen molar-refractivity contribution in [2.24, 2.45) is 0 Å². The number of phenols is 2. The summed E-state index contributed by atoms with van der Waals surface area (Å²) >= 11 is 0. The van der Waals surface area contributed by atoms with Gasteiger partial charge in [0, 0.05) is 0 Å². The van der Waals surface area contributed by atoms with E-state index in [9.17, 15) is 10.2 Å². The first-order valence-corrected chi connectivity index (χ1v) is 41.0. The second-order valence-electron chi connectivity index (χ2n) is 29.1. The van der Waals surface area contributed by atoms with Crippen LogP contribution in [-0.2, 0) is 25.7 Å². The van der Waals surface area contributed by atoms with Crippen LogP contribution in [0.25, 0.3) is 0 Å². The van der Waals surface area contributed by atoms with Crippen LogP contribution < -0.4 is 0 Å². The zero-order valence-electron chi connectivity index (χ0n) is 61.3. The van der Waals surface area contributed by atoms with Crippen LogP contribution in [0.4, 0.5) is 0 Å². The number of phenolic OH excluding ortho intramolecular Hbond substituents is 2. The maximum Gasteiger partial charge on any atom is 0.121 e. The Labute approximate surface area is 554 Å². The molecular formula is C86H160O2. The summed E-state index contributed by atoms with van der Waals surface area (Å²) in [5.74, 6) is 1.22. The fourth-order valence-electron chi connectivity index (χ4n) is 14.1. The molecule has 2 nitrogen and oxygen atoms in total. The summed E-state index contributed by atoms with van der Waals surface area (Å²) in [6, 6.07) is 8.94. The molecule has 0 bridgehead atoms. The van der Waals surface area contributed by atoms with Gasteiger partial charge in [0.1, 0.15) is 11.5 Å². The molecule has 2 rings (SSSR count). The van der Waals surface area contributed by atoms with Crippen LogP contribution in [-0.4, -0.2) is 10.2 Å². The first-order valence-electron chi connectivity index (χ1n) is 41.0. The van der Waals surface area contributed by atoms with E-state index in [2.05, 4.69) is 65.8 Å². The van der Waals surface area contributed by atoms with Gasteiger partial charge in [-0.15, -0.1) is 0 Å². The third-order valence-corrected chi connectivity index (χ3v) is 20.0. The number of rotatable bonds is 68. The Balaban J connectivity index is 0.000000880. The second-order valence-corrected chi connectivity index (χ2v) is 29.1. The van der Waals surface area contributed by atoms with Gasteiger partial charge in [-0.05, 0) is 87.5 Å². The normalized spacial score (nSPS) is 11.5. The average molecular weight is 1230 g/mol. The predicted molar refractivity (Wildman–Crippen MR) is 399 cm³/mol. The van der Waals surface area contributed by atoms with Crippen LogP contribution in [0.5, 0.6) is 11.5 Å². The van der Waals surface area contributed by atoms with E-state index in [-0.39, 0.29) is 0 Å². The first kappa shape index (κ1) is 84.1. The first-order chi connectivity index (χ1) is 43.4. The fourth-order valence-corrected chi connectivity index (χ4v) is 14.1. The van der Waals surface area contributed by atoms with Crippen LogP contribution in [0.15, 0.2) is 24.3 Å². The van der Waals surface area contributed by atoms with Gasteiger partial charge < -0.3 is 10.2 Å². The lowest BCUT2D eigenvalue weighted by molar-refractivity contribution is 0.456. The highest BCUT2D eigenvalue weighted by Gasteiger charge is 2.11. The largest absolute Gasteiger partial charge is 0.507 e. The zero-order chi connectivity index (χ0) is 63.5. The van der Waals surface area contributed by atoms with Gasteiger partial charge in [0.15, 0.2) is 0 Å². The number of hydrogen-bond donors (Lipinski definition) is 2. The molecule has 88 heavy (non-hydrogen) atoms. The van der Waals surface area contributed by atoms with Gasteiger partial charge in [0.2, 0.25) is 0 Å². The minimum Gasteiger partial charge on any atom is -0.507 e. The molecule has 0 radical (unpaired) electrons. The van der Waals surface area contributed by atoms with Gasteiger partial charge >= 0.3 is 0 Å². The summed E-state index contributed by atoms with van der Waals surface area (Å²) in [6.07, 6.45) is 94.2. The molecule has 0 fully saturated rings. The van der Waals surface area contributed by atoms with Crippen molar-refractivity contribution >= 4 is 0 Å². The van der Waals surface area contributed by atoms with Gasteiger partial charge in [-0.3, -0.25) is 0 Å². The minimum atomic E-state index is 0.609. The van der Waals surface area contributed by atoms with Crippen molar-refractivity contribution in [3.8, 4) is 11.5 Å². The number of hydrogen-bond acceptors (Lipinski definition) is 2. The summed E-state index contributed by atoms with van der Waals surface area (Å²) in [6.45, 7) is 13.6. The summed E-state index contributed by atoms with van der Waals surface area (Å²) in [5.41, 5.74) is 7.42. The number of benzene rings is 2. The van der Waals surface area contributed by atoms with E-state index >= 15 is 0 Å². The average Bonchev–Trinajstić information content (AvgIpc) is 3.72. The van der Waals surface area contributed by atoms with Crippen molar-refractivity contribution in [2.75, 3.05) is 0 Å². The van der Waals surface area contributed by atoms with E-state index in [1.165, 1.54) is 444 Å². The van der Waals surface area contributed by atoms with Crippen LogP contribution in [0.3, 0.4) is 0 Å². The quantitative estimate of drug-likeness (QED) is 0.0648. The molecule has 2 aromatic carbocycles. The third-order valence-electron chi connectivity index (χ3n) is 20.0. The molecule has 0 aromatic heterocycles. The molecule has 0 amide bonds. The maximum absolute atomic E-state index is 11.0. The van der Waals surface area contributed by atoms with Gasteiger partial charge in [0.25, 0.3) is 0 Å². The van der Waals surface area contributed by atoms with Crippen LogP contribution >= 0.6 is 0 Å². The molecule has 0 heterocycles. The smallest absolute Gasteiger partial charge is 0.121 e. The van der Waals surface area contributed by atoms with Crippen molar-refractivity contribution in [1.82, 2.24) is 0 Å². The topological polar surface area (TPSA) is 40.5 Å². The van der Waals surface area contributed by atoms with Crippen molar-refractivity contribution < 1.29 is 10.2 Å². The Bertz CT molecular complexity index is 1450. The van der Waals surface area contributed by atoms with Crippen LogP contribution in [0.1, 0.15) is 472 Å². The Kier molecular flexibility index (Phi) is 64.9. The van der Waals surface area contributed by atoms with E-state index in [4.69, 9.17) is 0 Å². The predicted octanol–water partition coefficient (Wildman–Crippen LogP) is 30.6. The minimum absolute atomic E-state index is 0.609. The maximum atomic E-state index is 11.0. The highest BCUT2D eigenvalue weighted by Crippen LogP contribution is 2.31. The molecule has 0 aliphatic rings. The molecule has 0 aliphatic carbocycles.